The molecule has 2 N–H and O–H groups in total. The fourth-order valence-corrected chi connectivity index (χ4v) is 5.24. The van der Waals surface area contributed by atoms with Crippen molar-refractivity contribution in [3.05, 3.63) is 35.9 Å². The highest BCUT2D eigenvalue weighted by molar-refractivity contribution is 5.79. The quantitative estimate of drug-likeness (QED) is 0.708. The van der Waals surface area contributed by atoms with Crippen molar-refractivity contribution in [1.82, 2.24) is 20.0 Å². The highest BCUT2D eigenvalue weighted by Gasteiger charge is 2.56. The van der Waals surface area contributed by atoms with Crippen molar-refractivity contribution in [3.8, 4) is 0 Å². The van der Waals surface area contributed by atoms with Crippen LogP contribution in [0.1, 0.15) is 25.3 Å². The van der Waals surface area contributed by atoms with Crippen LogP contribution in [0.4, 0.5) is 0 Å². The van der Waals surface area contributed by atoms with Gasteiger partial charge in [0.15, 0.2) is 0 Å². The number of β-amino-alcohol motifs (C(OH)–C–C–N with tert-alkyl or cyclic N) is 1. The number of nitrogens with zero attached hydrogens (tertiary/aromatic N) is 3. The fourth-order valence-electron chi connectivity index (χ4n) is 5.24. The van der Waals surface area contributed by atoms with E-state index in [1.807, 2.05) is 11.0 Å². The number of fused-ring (bicyclic) bond motifs is 2. The van der Waals surface area contributed by atoms with Crippen molar-refractivity contribution in [1.29, 1.82) is 0 Å². The lowest BCUT2D eigenvalue weighted by molar-refractivity contribution is -0.156. The lowest BCUT2D eigenvalue weighted by Crippen LogP contribution is -2.78. The van der Waals surface area contributed by atoms with Gasteiger partial charge in [-0.1, -0.05) is 30.3 Å². The molecule has 3 aliphatic heterocycles. The topological polar surface area (TPSA) is 76.1 Å². The molecule has 29 heavy (non-hydrogen) atoms. The van der Waals surface area contributed by atoms with Crippen LogP contribution in [0.3, 0.4) is 0 Å². The van der Waals surface area contributed by atoms with E-state index in [0.29, 0.717) is 25.6 Å². The van der Waals surface area contributed by atoms with Crippen LogP contribution in [0, 0.1) is 0 Å². The third-order valence-corrected chi connectivity index (χ3v) is 6.58. The summed E-state index contributed by atoms with van der Waals surface area (Å²) in [7, 11) is 0. The maximum absolute atomic E-state index is 12.5. The van der Waals surface area contributed by atoms with Crippen LogP contribution in [0.2, 0.25) is 0 Å². The average molecular weight is 401 g/mol. The lowest BCUT2D eigenvalue weighted by Gasteiger charge is -2.61. The molecule has 1 aromatic carbocycles. The van der Waals surface area contributed by atoms with Gasteiger partial charge >= 0.3 is 0 Å². The maximum atomic E-state index is 12.5. The monoisotopic (exact) mass is 400 g/mol. The van der Waals surface area contributed by atoms with E-state index in [0.717, 1.165) is 45.6 Å². The standard InChI is InChI=1S/C22H32N4O3/c1-17(27)23-9-7-21(29)25-15-22(16-25)14-24(10-8-18-5-3-2-4-6-18)12-19-11-20(28)13-26(19)22/h2-6,19-20,28H,7-16H2,1H3,(H,23,27)/t19-,20-/m1/s1. The molecule has 2 amide bonds. The van der Waals surface area contributed by atoms with Crippen LogP contribution in [-0.2, 0) is 16.0 Å². The largest absolute Gasteiger partial charge is 0.392 e. The summed E-state index contributed by atoms with van der Waals surface area (Å²) in [5, 5.41) is 13.0. The van der Waals surface area contributed by atoms with Gasteiger partial charge in [-0.25, -0.2) is 0 Å². The van der Waals surface area contributed by atoms with E-state index in [-0.39, 0.29) is 23.5 Å². The minimum absolute atomic E-state index is 0.0409. The Hall–Kier alpha value is -1.96. The lowest BCUT2D eigenvalue weighted by atomic mass is 9.83. The van der Waals surface area contributed by atoms with Gasteiger partial charge in [-0.05, 0) is 18.4 Å². The maximum Gasteiger partial charge on any atom is 0.224 e. The molecule has 0 aliphatic carbocycles. The zero-order valence-corrected chi connectivity index (χ0v) is 17.2. The number of carbonyl (C=O) groups excluding carboxylic acids is 2. The molecule has 2 atom stereocenters. The Morgan fingerprint density at radius 3 is 2.66 bits per heavy atom. The van der Waals surface area contributed by atoms with Gasteiger partial charge in [0.05, 0.1) is 11.6 Å². The summed E-state index contributed by atoms with van der Waals surface area (Å²) >= 11 is 0. The first-order valence-corrected chi connectivity index (χ1v) is 10.7. The van der Waals surface area contributed by atoms with Gasteiger partial charge in [0.1, 0.15) is 0 Å². The predicted octanol–water partition coefficient (Wildman–Crippen LogP) is 0.0871. The second kappa shape index (κ2) is 8.42. The average Bonchev–Trinajstić information content (AvgIpc) is 3.04. The molecule has 3 fully saturated rings. The summed E-state index contributed by atoms with van der Waals surface area (Å²) < 4.78 is 0. The molecule has 0 bridgehead atoms. The molecule has 3 aliphatic rings. The number of rotatable bonds is 6. The molecule has 7 nitrogen and oxygen atoms in total. The molecule has 1 spiro atoms. The Labute approximate surface area is 172 Å². The van der Waals surface area contributed by atoms with Gasteiger partial charge in [-0.15, -0.1) is 0 Å². The number of aliphatic hydroxyl groups excluding tert-OH is 1. The van der Waals surface area contributed by atoms with Gasteiger partial charge in [0, 0.05) is 65.2 Å². The summed E-state index contributed by atoms with van der Waals surface area (Å²) in [4.78, 5) is 30.4. The van der Waals surface area contributed by atoms with Crippen molar-refractivity contribution in [2.75, 3.05) is 45.8 Å². The zero-order valence-electron chi connectivity index (χ0n) is 17.2. The first-order valence-electron chi connectivity index (χ1n) is 10.7. The van der Waals surface area contributed by atoms with Crippen LogP contribution >= 0.6 is 0 Å². The minimum Gasteiger partial charge on any atom is -0.392 e. The van der Waals surface area contributed by atoms with E-state index in [9.17, 15) is 14.7 Å². The van der Waals surface area contributed by atoms with Crippen LogP contribution in [0.5, 0.6) is 0 Å². The van der Waals surface area contributed by atoms with Crippen LogP contribution < -0.4 is 5.32 Å². The Morgan fingerprint density at radius 2 is 1.93 bits per heavy atom. The second-order valence-electron chi connectivity index (χ2n) is 8.87. The molecule has 0 radical (unpaired) electrons. The number of amides is 2. The van der Waals surface area contributed by atoms with E-state index < -0.39 is 0 Å². The van der Waals surface area contributed by atoms with Crippen LogP contribution in [-0.4, -0.2) is 95.1 Å². The van der Waals surface area contributed by atoms with Crippen molar-refractivity contribution in [2.24, 2.45) is 0 Å². The molecule has 7 heteroatoms. The number of likely N-dealkylation sites (tertiary alicyclic amines) is 1. The summed E-state index contributed by atoms with van der Waals surface area (Å²) in [6, 6.07) is 10.9. The third-order valence-electron chi connectivity index (χ3n) is 6.58. The first kappa shape index (κ1) is 20.3. The SMILES string of the molecule is CC(=O)NCCC(=O)N1CC2(CN(CCc3ccccc3)C[C@H]3C[C@@H](O)CN32)C1. The Kier molecular flexibility index (Phi) is 5.90. The third kappa shape index (κ3) is 4.47. The van der Waals surface area contributed by atoms with E-state index in [4.69, 9.17) is 0 Å². The molecule has 3 heterocycles. The normalized spacial score (nSPS) is 26.2. The van der Waals surface area contributed by atoms with Crippen molar-refractivity contribution < 1.29 is 14.7 Å². The molecule has 0 unspecified atom stereocenters. The van der Waals surface area contributed by atoms with Crippen molar-refractivity contribution in [2.45, 2.75) is 43.9 Å². The molecule has 4 rings (SSSR count). The highest BCUT2D eigenvalue weighted by Crippen LogP contribution is 2.39. The van der Waals surface area contributed by atoms with Gasteiger partial charge in [0.25, 0.3) is 0 Å². The van der Waals surface area contributed by atoms with Gasteiger partial charge in [-0.3, -0.25) is 19.4 Å². The summed E-state index contributed by atoms with van der Waals surface area (Å²) in [5.41, 5.74) is 1.31. The number of nitrogens with one attached hydrogen (secondary N) is 1. The van der Waals surface area contributed by atoms with Crippen molar-refractivity contribution in [3.63, 3.8) is 0 Å². The summed E-state index contributed by atoms with van der Waals surface area (Å²) in [6.45, 7) is 6.95. The Bertz CT molecular complexity index is 735. The number of hydrogen-bond acceptors (Lipinski definition) is 5. The number of hydrogen-bond donors (Lipinski definition) is 2. The second-order valence-corrected chi connectivity index (χ2v) is 8.87. The molecule has 1 aromatic rings. The molecule has 3 saturated heterocycles. The van der Waals surface area contributed by atoms with Crippen molar-refractivity contribution >= 4 is 11.8 Å². The molecule has 0 saturated carbocycles. The number of benzene rings is 1. The number of carbonyl (C=O) groups is 2. The van der Waals surface area contributed by atoms with E-state index >= 15 is 0 Å². The van der Waals surface area contributed by atoms with E-state index in [1.54, 1.807) is 0 Å². The molecular weight excluding hydrogens is 368 g/mol. The van der Waals surface area contributed by atoms with E-state index in [1.165, 1.54) is 12.5 Å². The van der Waals surface area contributed by atoms with Crippen LogP contribution in [0.15, 0.2) is 30.3 Å². The van der Waals surface area contributed by atoms with Gasteiger partial charge in [0.2, 0.25) is 11.8 Å². The summed E-state index contributed by atoms with van der Waals surface area (Å²) in [5.74, 6) is -0.00445. The molecule has 0 aromatic heterocycles. The smallest absolute Gasteiger partial charge is 0.224 e. The first-order chi connectivity index (χ1) is 13.9. The zero-order chi connectivity index (χ0) is 20.4. The van der Waals surface area contributed by atoms with Gasteiger partial charge in [-0.2, -0.15) is 0 Å². The highest BCUT2D eigenvalue weighted by atomic mass is 16.3. The van der Waals surface area contributed by atoms with Gasteiger partial charge < -0.3 is 15.3 Å². The Balaban J connectivity index is 1.36. The fraction of sp³-hybridized carbons (Fsp3) is 0.636. The minimum atomic E-state index is -0.268. The molecular formula is C22H32N4O3. The molecule has 158 valence electrons. The number of piperazine rings is 1. The van der Waals surface area contributed by atoms with Crippen LogP contribution in [0.25, 0.3) is 0 Å². The Morgan fingerprint density at radius 1 is 1.17 bits per heavy atom. The number of aliphatic hydroxyl groups is 1. The summed E-state index contributed by atoms with van der Waals surface area (Å²) in [6.07, 6.45) is 1.92. The van der Waals surface area contributed by atoms with E-state index in [2.05, 4.69) is 39.4 Å². The predicted molar refractivity (Wildman–Crippen MR) is 110 cm³/mol.